The SMILES string of the molecule is N[C@H]1[C@@H](OP(=O)(O)O)O[C@H](CO[C@@H]2O[C@H](CO[C@]3(C(=O)O)C[C@@H](O[C@]4(C(=O)O)C[C@@H](O)[C@@H](O)[C@@H]([C@H](O)CO[C@]5(C(=O)O)C[C@@H](O)[C@@H](O)[C@@H]([C@H](O)CO)O5)O4)[C@@H](O)[C@@H]([C@H](O)CO)O3)[C@@H](OP(=O)(O)O)[C@H](O)[C@H]2N)[C@@H](O)[C@@H]1O. The Kier molecular flexibility index (Phi) is 21.4. The first-order valence-electron chi connectivity index (χ1n) is 22.4. The lowest BCUT2D eigenvalue weighted by Crippen LogP contribution is -2.68. The number of hydrogen-bond donors (Lipinski definition) is 22. The maximum atomic E-state index is 13.2. The van der Waals surface area contributed by atoms with Crippen LogP contribution in [-0.2, 0) is 75.2 Å². The summed E-state index contributed by atoms with van der Waals surface area (Å²) in [6.07, 6.45) is -47.9. The van der Waals surface area contributed by atoms with E-state index < -0.39 is 238 Å². The highest BCUT2D eigenvalue weighted by Crippen LogP contribution is 2.45. The summed E-state index contributed by atoms with van der Waals surface area (Å²) in [7, 11) is -11.0. The molecule has 0 aromatic heterocycles. The summed E-state index contributed by atoms with van der Waals surface area (Å²) in [5.74, 6) is -16.5. The van der Waals surface area contributed by atoms with Gasteiger partial charge in [0.2, 0.25) is 0 Å². The molecule has 0 bridgehead atoms. The monoisotopic (exact) mass is 1160 g/mol. The first-order valence-corrected chi connectivity index (χ1v) is 25.4. The van der Waals surface area contributed by atoms with Crippen molar-refractivity contribution in [2.75, 3.05) is 33.0 Å². The van der Waals surface area contributed by atoms with E-state index in [1.54, 1.807) is 0 Å². The summed E-state index contributed by atoms with van der Waals surface area (Å²) in [6.45, 7) is -6.26. The van der Waals surface area contributed by atoms with Crippen molar-refractivity contribution in [2.45, 2.75) is 171 Å². The summed E-state index contributed by atoms with van der Waals surface area (Å²) in [6, 6.07) is -3.67. The first kappa shape index (κ1) is 64.5. The highest BCUT2D eigenvalue weighted by Gasteiger charge is 2.62. The van der Waals surface area contributed by atoms with Crippen LogP contribution in [0.15, 0.2) is 0 Å². The van der Waals surface area contributed by atoms with E-state index in [4.69, 9.17) is 54.1 Å². The summed E-state index contributed by atoms with van der Waals surface area (Å²) in [4.78, 5) is 76.7. The van der Waals surface area contributed by atoms with Crippen LogP contribution in [0.2, 0.25) is 0 Å². The normalized spacial score (nSPS) is 43.9. The molecule has 25 atom stereocenters. The Bertz CT molecular complexity index is 2080. The van der Waals surface area contributed by atoms with Crippen molar-refractivity contribution in [1.82, 2.24) is 0 Å². The number of aliphatic hydroxyl groups is 13. The number of aliphatic carboxylic acids is 3. The molecule has 0 amide bonds. The van der Waals surface area contributed by atoms with Crippen LogP contribution in [0, 0.1) is 0 Å². The number of hydrogen-bond acceptors (Lipinski definition) is 31. The third-order valence-corrected chi connectivity index (χ3v) is 13.8. The second-order valence-corrected chi connectivity index (χ2v) is 20.6. The number of aliphatic hydroxyl groups excluding tert-OH is 13. The highest BCUT2D eigenvalue weighted by molar-refractivity contribution is 7.46. The number of carboxylic acids is 3. The van der Waals surface area contributed by atoms with Gasteiger partial charge in [0.15, 0.2) is 12.6 Å². The lowest BCUT2D eigenvalue weighted by atomic mass is 9.89. The lowest BCUT2D eigenvalue weighted by Gasteiger charge is -2.50. The molecule has 40 heteroatoms. The van der Waals surface area contributed by atoms with Gasteiger partial charge in [-0.2, -0.15) is 0 Å². The van der Waals surface area contributed by atoms with E-state index in [2.05, 4.69) is 9.05 Å². The van der Waals surface area contributed by atoms with E-state index >= 15 is 0 Å². The number of nitrogens with two attached hydrogens (primary N) is 2. The number of rotatable bonds is 23. The third-order valence-electron chi connectivity index (χ3n) is 12.8. The van der Waals surface area contributed by atoms with Gasteiger partial charge in [0, 0.05) is 19.3 Å². The second-order valence-electron chi connectivity index (χ2n) is 18.2. The minimum absolute atomic E-state index is 0.984. The van der Waals surface area contributed by atoms with Crippen molar-refractivity contribution in [3.8, 4) is 0 Å². The van der Waals surface area contributed by atoms with Crippen molar-refractivity contribution in [3.63, 3.8) is 0 Å². The van der Waals surface area contributed by atoms with Crippen LogP contribution in [0.3, 0.4) is 0 Å². The van der Waals surface area contributed by atoms with E-state index in [0.29, 0.717) is 0 Å². The molecule has 442 valence electrons. The molecule has 0 aliphatic carbocycles. The largest absolute Gasteiger partial charge is 0.477 e. The fourth-order valence-corrected chi connectivity index (χ4v) is 9.76. The number of ether oxygens (including phenoxy) is 9. The third kappa shape index (κ3) is 14.4. The number of phosphoric acid groups is 2. The van der Waals surface area contributed by atoms with Crippen LogP contribution in [-0.4, -0.2) is 304 Å². The predicted octanol–water partition coefficient (Wildman–Crippen LogP) is -12.2. The van der Waals surface area contributed by atoms with Gasteiger partial charge in [0.1, 0.15) is 91.6 Å². The van der Waals surface area contributed by atoms with E-state index in [1.807, 2.05) is 0 Å². The van der Waals surface area contributed by atoms with Crippen molar-refractivity contribution >= 4 is 33.6 Å². The molecule has 5 heterocycles. The van der Waals surface area contributed by atoms with Gasteiger partial charge >= 0.3 is 33.6 Å². The van der Waals surface area contributed by atoms with Gasteiger partial charge in [-0.25, -0.2) is 23.5 Å². The van der Waals surface area contributed by atoms with Gasteiger partial charge in [0.25, 0.3) is 17.4 Å². The molecule has 76 heavy (non-hydrogen) atoms. The molecule has 5 fully saturated rings. The highest BCUT2D eigenvalue weighted by atomic mass is 31.2. The van der Waals surface area contributed by atoms with Crippen molar-refractivity contribution in [1.29, 1.82) is 0 Å². The summed E-state index contributed by atoms with van der Waals surface area (Å²) in [5.41, 5.74) is 11.7. The Hall–Kier alpha value is -2.33. The zero-order valence-electron chi connectivity index (χ0n) is 38.9. The zero-order chi connectivity index (χ0) is 57.4. The van der Waals surface area contributed by atoms with Gasteiger partial charge in [-0.05, 0) is 0 Å². The molecular weight excluding hydrogens is 1100 g/mol. The van der Waals surface area contributed by atoms with Crippen molar-refractivity contribution in [3.05, 3.63) is 0 Å². The first-order chi connectivity index (χ1) is 35.1. The van der Waals surface area contributed by atoms with Crippen LogP contribution >= 0.6 is 15.6 Å². The number of phosphoric ester groups is 2. The lowest BCUT2D eigenvalue weighted by molar-refractivity contribution is -0.380. The number of carbonyl (C=O) groups is 3. The van der Waals surface area contributed by atoms with Crippen LogP contribution in [0.1, 0.15) is 19.3 Å². The minimum atomic E-state index is -5.69. The van der Waals surface area contributed by atoms with E-state index in [0.717, 1.165) is 0 Å². The average molecular weight is 1160 g/mol. The van der Waals surface area contributed by atoms with Crippen LogP contribution < -0.4 is 11.5 Å². The summed E-state index contributed by atoms with van der Waals surface area (Å²) < 4.78 is 81.6. The molecule has 0 unspecified atom stereocenters. The molecular formula is C36H62N2O36P2. The smallest absolute Gasteiger partial charge is 0.471 e. The van der Waals surface area contributed by atoms with Gasteiger partial charge < -0.3 is 155 Å². The Morgan fingerprint density at radius 1 is 0.553 bits per heavy atom. The fraction of sp³-hybridized carbons (Fsp3) is 0.917. The van der Waals surface area contributed by atoms with Crippen LogP contribution in [0.4, 0.5) is 0 Å². The Labute approximate surface area is 425 Å². The molecule has 0 aromatic carbocycles. The molecule has 0 aromatic rings. The zero-order valence-corrected chi connectivity index (χ0v) is 40.7. The van der Waals surface area contributed by atoms with Crippen molar-refractivity contribution < 1.29 is 176 Å². The maximum absolute atomic E-state index is 13.2. The second kappa shape index (κ2) is 25.2. The fourth-order valence-electron chi connectivity index (χ4n) is 8.73. The Morgan fingerprint density at radius 3 is 1.50 bits per heavy atom. The van der Waals surface area contributed by atoms with Gasteiger partial charge in [-0.3, -0.25) is 9.05 Å². The molecule has 38 nitrogen and oxygen atoms in total. The average Bonchev–Trinajstić information content (AvgIpc) is 3.33. The number of carboxylic acid groups (broad SMARTS) is 3. The van der Waals surface area contributed by atoms with E-state index in [9.17, 15) is 125 Å². The van der Waals surface area contributed by atoms with E-state index in [1.165, 1.54) is 0 Å². The molecule has 5 rings (SSSR count). The van der Waals surface area contributed by atoms with Crippen molar-refractivity contribution in [2.24, 2.45) is 11.5 Å². The van der Waals surface area contributed by atoms with Gasteiger partial charge in [-0.1, -0.05) is 0 Å². The molecule has 0 spiro atoms. The quantitative estimate of drug-likeness (QED) is 0.0423. The van der Waals surface area contributed by atoms with Gasteiger partial charge in [-0.15, -0.1) is 0 Å². The summed E-state index contributed by atoms with van der Waals surface area (Å²) >= 11 is 0. The molecule has 5 aliphatic rings. The van der Waals surface area contributed by atoms with Crippen LogP contribution in [0.25, 0.3) is 0 Å². The predicted molar refractivity (Wildman–Crippen MR) is 226 cm³/mol. The standard InChI is InChI=1S/C36H62N2O36P2/c37-17-23(50)21(48)15(67-30(17)74-76(61,62)63)7-64-29-18(38)24(51)28(73-75(58,59)60)16(68-29)8-66-35(32(54)55)3-14(22(49)26(71-35)12(44)5-40)69-36(33(56)57)2-10(42)20(47)27(72-36)13(45)6-65-34(31(52)53)1-9(41)19(46)25(70-34)11(43)4-39/h9-30,39-51H,1-8,37-38H2,(H,52,53)(H,54,55)(H,56,57)(H2,58,59,60)(H2,61,62,63)/t9-,10-,11-,12-,13-,14-,15-,16-,17-,18-,19-,20-,21-,22-,23-,24-,25-,26-,27-,28-,29-,30-,34-,35-,36-/m1/s1. The van der Waals surface area contributed by atoms with E-state index in [-0.39, 0.29) is 0 Å². The van der Waals surface area contributed by atoms with Gasteiger partial charge in [0.05, 0.1) is 63.4 Å². The Balaban J connectivity index is 1.42. The topological polar surface area (TPSA) is 644 Å². The molecule has 5 saturated heterocycles. The molecule has 24 N–H and O–H groups in total. The maximum Gasteiger partial charge on any atom is 0.471 e. The minimum Gasteiger partial charge on any atom is -0.477 e. The summed E-state index contributed by atoms with van der Waals surface area (Å²) in [5, 5.41) is 169. The molecule has 0 saturated carbocycles. The molecule has 5 aliphatic heterocycles. The van der Waals surface area contributed by atoms with Crippen LogP contribution in [0.5, 0.6) is 0 Å². The Morgan fingerprint density at radius 2 is 1.00 bits per heavy atom. The molecule has 0 radical (unpaired) electrons.